The van der Waals surface area contributed by atoms with E-state index in [2.05, 4.69) is 5.32 Å². The van der Waals surface area contributed by atoms with Gasteiger partial charge in [0.05, 0.1) is 12.2 Å². The number of fused-ring (bicyclic) bond motifs is 1. The summed E-state index contributed by atoms with van der Waals surface area (Å²) in [5.74, 6) is -2.32. The van der Waals surface area contributed by atoms with Gasteiger partial charge in [-0.15, -0.1) is 0 Å². The van der Waals surface area contributed by atoms with Crippen LogP contribution in [0.1, 0.15) is 27.7 Å². The highest BCUT2D eigenvalue weighted by Crippen LogP contribution is 2.37. The third-order valence-electron chi connectivity index (χ3n) is 3.24. The van der Waals surface area contributed by atoms with Gasteiger partial charge in [0.15, 0.2) is 11.6 Å². The summed E-state index contributed by atoms with van der Waals surface area (Å²) in [6, 6.07) is -0.868. The third kappa shape index (κ3) is 3.14. The Bertz CT molecular complexity index is 510. The standard InChI is InChI=1S/C14H19NO6/c1-5-19-13(18)8-6-9(17)10(15-7(2)16)12-11(8)20-14(3,4)21-12/h6,10-12H,5H2,1-4H3,(H,15,16). The molecule has 0 aromatic carbocycles. The molecule has 1 heterocycles. The second-order valence-corrected chi connectivity index (χ2v) is 5.42. The predicted octanol–water partition coefficient (Wildman–Crippen LogP) is 0.0834. The number of nitrogens with one attached hydrogen (secondary N) is 1. The van der Waals surface area contributed by atoms with Gasteiger partial charge in [0.1, 0.15) is 18.2 Å². The van der Waals surface area contributed by atoms with Crippen molar-refractivity contribution in [2.75, 3.05) is 6.61 Å². The van der Waals surface area contributed by atoms with Crippen LogP contribution in [0.5, 0.6) is 0 Å². The SMILES string of the molecule is CCOC(=O)C1=CC(=O)C(NC(C)=O)C2OC(C)(C)OC12. The zero-order valence-corrected chi connectivity index (χ0v) is 12.5. The number of ether oxygens (including phenoxy) is 3. The van der Waals surface area contributed by atoms with Crippen molar-refractivity contribution in [3.63, 3.8) is 0 Å². The van der Waals surface area contributed by atoms with E-state index in [1.165, 1.54) is 13.0 Å². The van der Waals surface area contributed by atoms with Gasteiger partial charge in [0, 0.05) is 6.92 Å². The van der Waals surface area contributed by atoms with Crippen molar-refractivity contribution in [1.29, 1.82) is 0 Å². The number of hydrogen-bond acceptors (Lipinski definition) is 6. The van der Waals surface area contributed by atoms with Crippen molar-refractivity contribution in [3.8, 4) is 0 Å². The molecule has 0 radical (unpaired) electrons. The maximum absolute atomic E-state index is 12.2. The number of esters is 1. The Labute approximate surface area is 122 Å². The molecule has 3 atom stereocenters. The van der Waals surface area contributed by atoms with Crippen molar-refractivity contribution < 1.29 is 28.6 Å². The van der Waals surface area contributed by atoms with Crippen molar-refractivity contribution in [2.45, 2.75) is 51.7 Å². The van der Waals surface area contributed by atoms with Gasteiger partial charge in [-0.3, -0.25) is 9.59 Å². The fraction of sp³-hybridized carbons (Fsp3) is 0.643. The molecule has 116 valence electrons. The van der Waals surface area contributed by atoms with Crippen LogP contribution in [0.25, 0.3) is 0 Å². The molecular weight excluding hydrogens is 278 g/mol. The number of hydrogen-bond donors (Lipinski definition) is 1. The molecule has 2 aliphatic rings. The monoisotopic (exact) mass is 297 g/mol. The molecule has 1 N–H and O–H groups in total. The average molecular weight is 297 g/mol. The topological polar surface area (TPSA) is 90.9 Å². The summed E-state index contributed by atoms with van der Waals surface area (Å²) in [6.07, 6.45) is -0.320. The van der Waals surface area contributed by atoms with Gasteiger partial charge in [-0.2, -0.15) is 0 Å². The number of rotatable bonds is 3. The molecule has 1 saturated heterocycles. The maximum Gasteiger partial charge on any atom is 0.336 e. The third-order valence-corrected chi connectivity index (χ3v) is 3.24. The molecule has 0 bridgehead atoms. The summed E-state index contributed by atoms with van der Waals surface area (Å²) in [7, 11) is 0. The zero-order valence-electron chi connectivity index (χ0n) is 12.5. The molecule has 1 aliphatic carbocycles. The summed E-state index contributed by atoms with van der Waals surface area (Å²) in [5, 5.41) is 2.54. The first-order valence-electron chi connectivity index (χ1n) is 6.80. The van der Waals surface area contributed by atoms with Crippen LogP contribution in [0.3, 0.4) is 0 Å². The van der Waals surface area contributed by atoms with Gasteiger partial charge >= 0.3 is 5.97 Å². The zero-order chi connectivity index (χ0) is 15.8. The highest BCUT2D eigenvalue weighted by molar-refractivity contribution is 6.05. The van der Waals surface area contributed by atoms with E-state index < -0.39 is 35.8 Å². The Morgan fingerprint density at radius 3 is 2.62 bits per heavy atom. The van der Waals surface area contributed by atoms with Crippen LogP contribution in [0.4, 0.5) is 0 Å². The predicted molar refractivity (Wildman–Crippen MR) is 71.2 cm³/mol. The van der Waals surface area contributed by atoms with Crippen molar-refractivity contribution in [3.05, 3.63) is 11.6 Å². The minimum absolute atomic E-state index is 0.124. The van der Waals surface area contributed by atoms with Gasteiger partial charge in [-0.05, 0) is 26.8 Å². The number of amides is 1. The van der Waals surface area contributed by atoms with E-state index in [1.54, 1.807) is 20.8 Å². The molecule has 0 aromatic rings. The lowest BCUT2D eigenvalue weighted by Gasteiger charge is -2.29. The maximum atomic E-state index is 12.2. The number of carbonyl (C=O) groups is 3. The normalized spacial score (nSPS) is 30.4. The van der Waals surface area contributed by atoms with Gasteiger partial charge in [0.25, 0.3) is 0 Å². The van der Waals surface area contributed by atoms with Gasteiger partial charge in [-0.25, -0.2) is 4.79 Å². The van der Waals surface area contributed by atoms with Crippen LogP contribution in [0.15, 0.2) is 11.6 Å². The number of ketones is 1. The van der Waals surface area contributed by atoms with Crippen LogP contribution in [0.2, 0.25) is 0 Å². The Morgan fingerprint density at radius 1 is 1.38 bits per heavy atom. The lowest BCUT2D eigenvalue weighted by atomic mass is 9.88. The van der Waals surface area contributed by atoms with Crippen molar-refractivity contribution >= 4 is 17.7 Å². The first kappa shape index (κ1) is 15.7. The van der Waals surface area contributed by atoms with Gasteiger partial charge in [0.2, 0.25) is 5.91 Å². The minimum atomic E-state index is -0.956. The van der Waals surface area contributed by atoms with Gasteiger partial charge in [-0.1, -0.05) is 0 Å². The highest BCUT2D eigenvalue weighted by Gasteiger charge is 2.53. The van der Waals surface area contributed by atoms with Crippen LogP contribution in [-0.2, 0) is 28.6 Å². The summed E-state index contributed by atoms with van der Waals surface area (Å²) in [6.45, 7) is 6.55. The van der Waals surface area contributed by atoms with Gasteiger partial charge < -0.3 is 19.5 Å². The lowest BCUT2D eigenvalue weighted by Crippen LogP contribution is -2.55. The van der Waals surface area contributed by atoms with Crippen LogP contribution < -0.4 is 5.32 Å². The molecule has 21 heavy (non-hydrogen) atoms. The summed E-state index contributed by atoms with van der Waals surface area (Å²) >= 11 is 0. The Balaban J connectivity index is 2.35. The molecule has 2 rings (SSSR count). The molecule has 0 spiro atoms. The molecule has 0 aromatic heterocycles. The van der Waals surface area contributed by atoms with E-state index in [0.717, 1.165) is 0 Å². The van der Waals surface area contributed by atoms with E-state index >= 15 is 0 Å². The average Bonchev–Trinajstić information content (AvgIpc) is 2.68. The molecular formula is C14H19NO6. The molecule has 1 fully saturated rings. The first-order valence-corrected chi connectivity index (χ1v) is 6.80. The molecule has 7 heteroatoms. The van der Waals surface area contributed by atoms with Crippen molar-refractivity contribution in [2.24, 2.45) is 0 Å². The van der Waals surface area contributed by atoms with E-state index in [4.69, 9.17) is 14.2 Å². The largest absolute Gasteiger partial charge is 0.463 e. The van der Waals surface area contributed by atoms with Crippen LogP contribution in [0, 0.1) is 0 Å². The lowest BCUT2D eigenvalue weighted by molar-refractivity contribution is -0.150. The highest BCUT2D eigenvalue weighted by atomic mass is 16.8. The molecule has 1 aliphatic heterocycles. The van der Waals surface area contributed by atoms with Crippen LogP contribution in [-0.4, -0.2) is 48.3 Å². The minimum Gasteiger partial charge on any atom is -0.463 e. The molecule has 0 saturated carbocycles. The fourth-order valence-corrected chi connectivity index (χ4v) is 2.52. The van der Waals surface area contributed by atoms with Crippen molar-refractivity contribution in [1.82, 2.24) is 5.32 Å². The summed E-state index contributed by atoms with van der Waals surface area (Å²) in [5.41, 5.74) is 0.124. The Kier molecular flexibility index (Phi) is 4.15. The summed E-state index contributed by atoms with van der Waals surface area (Å²) < 4.78 is 16.3. The van der Waals surface area contributed by atoms with Crippen LogP contribution >= 0.6 is 0 Å². The quantitative estimate of drug-likeness (QED) is 0.742. The Hall–Kier alpha value is -1.73. The van der Waals surface area contributed by atoms with E-state index in [0.29, 0.717) is 0 Å². The smallest absolute Gasteiger partial charge is 0.336 e. The summed E-state index contributed by atoms with van der Waals surface area (Å²) in [4.78, 5) is 35.4. The fourth-order valence-electron chi connectivity index (χ4n) is 2.52. The van der Waals surface area contributed by atoms with E-state index in [1.807, 2.05) is 0 Å². The number of carbonyl (C=O) groups excluding carboxylic acids is 3. The second kappa shape index (κ2) is 5.57. The second-order valence-electron chi connectivity index (χ2n) is 5.42. The van der Waals surface area contributed by atoms with E-state index in [9.17, 15) is 14.4 Å². The molecule has 1 amide bonds. The van der Waals surface area contributed by atoms with E-state index in [-0.39, 0.29) is 18.1 Å². The molecule has 7 nitrogen and oxygen atoms in total. The Morgan fingerprint density at radius 2 is 2.05 bits per heavy atom. The first-order chi connectivity index (χ1) is 9.75. The molecule has 3 unspecified atom stereocenters.